The number of carbonyl (C=O) groups excluding carboxylic acids is 1. The van der Waals surface area contributed by atoms with Gasteiger partial charge in [-0.1, -0.05) is 11.6 Å². The number of nitrogen functional groups attached to an aromatic ring is 1. The van der Waals surface area contributed by atoms with Gasteiger partial charge in [-0.15, -0.1) is 0 Å². The molecule has 0 fully saturated rings. The van der Waals surface area contributed by atoms with Crippen molar-refractivity contribution in [2.75, 3.05) is 19.5 Å². The Labute approximate surface area is 117 Å². The number of benzene rings is 1. The van der Waals surface area contributed by atoms with E-state index in [1.165, 1.54) is 19.2 Å². The highest BCUT2D eigenvalue weighted by atomic mass is 35.5. The van der Waals surface area contributed by atoms with Gasteiger partial charge in [-0.25, -0.2) is 4.79 Å². The van der Waals surface area contributed by atoms with Crippen molar-refractivity contribution in [3.05, 3.63) is 17.2 Å². The monoisotopic (exact) mass is 287 g/mol. The van der Waals surface area contributed by atoms with Gasteiger partial charge in [0, 0.05) is 6.07 Å². The van der Waals surface area contributed by atoms with E-state index < -0.39 is 11.6 Å². The van der Waals surface area contributed by atoms with Crippen LogP contribution in [0, 0.1) is 0 Å². The summed E-state index contributed by atoms with van der Waals surface area (Å²) < 4.78 is 15.5. The number of nitrogens with two attached hydrogens (primary N) is 1. The molecule has 106 valence electrons. The van der Waals surface area contributed by atoms with Crippen molar-refractivity contribution in [2.24, 2.45) is 0 Å². The maximum Gasteiger partial charge on any atom is 0.344 e. The molecular weight excluding hydrogens is 270 g/mol. The van der Waals surface area contributed by atoms with Crippen LogP contribution < -0.4 is 15.2 Å². The summed E-state index contributed by atoms with van der Waals surface area (Å²) in [5.74, 6) is 0.279. The molecule has 19 heavy (non-hydrogen) atoms. The van der Waals surface area contributed by atoms with Crippen molar-refractivity contribution in [1.29, 1.82) is 0 Å². The summed E-state index contributed by atoms with van der Waals surface area (Å²) in [4.78, 5) is 11.5. The van der Waals surface area contributed by atoms with Crippen LogP contribution >= 0.6 is 11.6 Å². The van der Waals surface area contributed by atoms with E-state index >= 15 is 0 Å². The first-order valence-electron chi connectivity index (χ1n) is 5.70. The number of hydrogen-bond donors (Lipinski definition) is 1. The molecule has 1 aromatic rings. The lowest BCUT2D eigenvalue weighted by atomic mass is 10.2. The van der Waals surface area contributed by atoms with Gasteiger partial charge in [-0.3, -0.25) is 0 Å². The first kappa shape index (κ1) is 15.4. The van der Waals surface area contributed by atoms with E-state index in [2.05, 4.69) is 0 Å². The topological polar surface area (TPSA) is 70.8 Å². The second-order valence-electron chi connectivity index (χ2n) is 4.90. The first-order valence-corrected chi connectivity index (χ1v) is 6.08. The number of hydrogen-bond acceptors (Lipinski definition) is 5. The predicted octanol–water partition coefficient (Wildman–Crippen LogP) is 2.65. The molecule has 0 heterocycles. The average molecular weight is 288 g/mol. The minimum Gasteiger partial charge on any atom is -0.494 e. The molecule has 0 unspecified atom stereocenters. The van der Waals surface area contributed by atoms with Crippen molar-refractivity contribution < 1.29 is 19.0 Å². The Morgan fingerprint density at radius 1 is 1.32 bits per heavy atom. The van der Waals surface area contributed by atoms with Gasteiger partial charge in [0.25, 0.3) is 0 Å². The standard InChI is InChI=1S/C13H18ClNO4/c1-13(2,3)19-12(16)7-18-10-6-11(17-4)9(15)5-8(10)14/h5-6H,7,15H2,1-4H3. The predicted molar refractivity (Wildman–Crippen MR) is 73.8 cm³/mol. The molecule has 0 spiro atoms. The molecular formula is C13H18ClNO4. The van der Waals surface area contributed by atoms with Crippen LogP contribution in [0.4, 0.5) is 5.69 Å². The molecule has 0 aliphatic carbocycles. The minimum atomic E-state index is -0.553. The molecule has 6 heteroatoms. The fourth-order valence-corrected chi connectivity index (χ4v) is 1.57. The van der Waals surface area contributed by atoms with Gasteiger partial charge in [-0.05, 0) is 26.8 Å². The van der Waals surface area contributed by atoms with Crippen LogP contribution in [0.1, 0.15) is 20.8 Å². The maximum absolute atomic E-state index is 11.5. The zero-order valence-corrected chi connectivity index (χ0v) is 12.2. The SMILES string of the molecule is COc1cc(OCC(=O)OC(C)(C)C)c(Cl)cc1N. The number of halogens is 1. The fraction of sp³-hybridized carbons (Fsp3) is 0.462. The van der Waals surface area contributed by atoms with Gasteiger partial charge in [0.2, 0.25) is 0 Å². The molecule has 0 radical (unpaired) electrons. The Balaban J connectivity index is 2.70. The minimum absolute atomic E-state index is 0.232. The molecule has 0 atom stereocenters. The van der Waals surface area contributed by atoms with Gasteiger partial charge >= 0.3 is 5.97 Å². The summed E-state index contributed by atoms with van der Waals surface area (Å²) in [6, 6.07) is 3.03. The van der Waals surface area contributed by atoms with Crippen LogP contribution in [-0.2, 0) is 9.53 Å². The van der Waals surface area contributed by atoms with Crippen LogP contribution in [0.15, 0.2) is 12.1 Å². The van der Waals surface area contributed by atoms with Crippen LogP contribution in [0.2, 0.25) is 5.02 Å². The van der Waals surface area contributed by atoms with Crippen molar-refractivity contribution in [2.45, 2.75) is 26.4 Å². The van der Waals surface area contributed by atoms with E-state index in [1.54, 1.807) is 20.8 Å². The summed E-state index contributed by atoms with van der Waals surface area (Å²) in [6.07, 6.45) is 0. The van der Waals surface area contributed by atoms with Gasteiger partial charge in [0.1, 0.15) is 17.1 Å². The molecule has 2 N–H and O–H groups in total. The summed E-state index contributed by atoms with van der Waals surface area (Å²) in [5, 5.41) is 0.307. The number of anilines is 1. The highest BCUT2D eigenvalue weighted by Gasteiger charge is 2.17. The fourth-order valence-electron chi connectivity index (χ4n) is 1.35. The van der Waals surface area contributed by atoms with Crippen LogP contribution in [0.3, 0.4) is 0 Å². The van der Waals surface area contributed by atoms with Crippen molar-refractivity contribution in [3.8, 4) is 11.5 Å². The van der Waals surface area contributed by atoms with Crippen LogP contribution in [0.5, 0.6) is 11.5 Å². The Morgan fingerprint density at radius 3 is 2.47 bits per heavy atom. The van der Waals surface area contributed by atoms with E-state index in [9.17, 15) is 4.79 Å². The molecule has 0 amide bonds. The quantitative estimate of drug-likeness (QED) is 0.681. The van der Waals surface area contributed by atoms with Crippen LogP contribution in [0.25, 0.3) is 0 Å². The highest BCUT2D eigenvalue weighted by Crippen LogP contribution is 2.34. The maximum atomic E-state index is 11.5. The number of rotatable bonds is 4. The van der Waals surface area contributed by atoms with E-state index in [0.29, 0.717) is 22.2 Å². The summed E-state index contributed by atoms with van der Waals surface area (Å²) in [7, 11) is 1.48. The number of esters is 1. The van der Waals surface area contributed by atoms with Crippen LogP contribution in [-0.4, -0.2) is 25.3 Å². The summed E-state index contributed by atoms with van der Waals surface area (Å²) in [5.41, 5.74) is 5.53. The van der Waals surface area contributed by atoms with Gasteiger partial charge < -0.3 is 19.9 Å². The molecule has 5 nitrogen and oxygen atoms in total. The number of methoxy groups -OCH3 is 1. The third-order valence-corrected chi connectivity index (χ3v) is 2.35. The molecule has 0 bridgehead atoms. The average Bonchev–Trinajstić information content (AvgIpc) is 2.25. The van der Waals surface area contributed by atoms with Gasteiger partial charge in [0.05, 0.1) is 17.8 Å². The van der Waals surface area contributed by atoms with E-state index in [4.69, 9.17) is 31.5 Å². The molecule has 0 aliphatic rings. The molecule has 0 saturated carbocycles. The molecule has 1 rings (SSSR count). The molecule has 0 aromatic heterocycles. The van der Waals surface area contributed by atoms with E-state index in [-0.39, 0.29) is 6.61 Å². The molecule has 0 aliphatic heterocycles. The number of carbonyl (C=O) groups is 1. The van der Waals surface area contributed by atoms with Crippen molar-refractivity contribution in [1.82, 2.24) is 0 Å². The third kappa shape index (κ3) is 4.87. The summed E-state index contributed by atoms with van der Waals surface area (Å²) in [6.45, 7) is 5.11. The molecule has 0 saturated heterocycles. The van der Waals surface area contributed by atoms with Crippen molar-refractivity contribution in [3.63, 3.8) is 0 Å². The first-order chi connectivity index (χ1) is 8.73. The Morgan fingerprint density at radius 2 is 1.95 bits per heavy atom. The van der Waals surface area contributed by atoms with Crippen molar-refractivity contribution >= 4 is 23.3 Å². The zero-order valence-electron chi connectivity index (χ0n) is 11.5. The smallest absolute Gasteiger partial charge is 0.344 e. The van der Waals surface area contributed by atoms with Gasteiger partial charge in [-0.2, -0.15) is 0 Å². The molecule has 1 aromatic carbocycles. The Kier molecular flexibility index (Phi) is 4.89. The lowest BCUT2D eigenvalue weighted by molar-refractivity contribution is -0.157. The third-order valence-electron chi connectivity index (χ3n) is 2.05. The normalized spacial score (nSPS) is 11.0. The zero-order chi connectivity index (χ0) is 14.6. The second-order valence-corrected chi connectivity index (χ2v) is 5.31. The highest BCUT2D eigenvalue weighted by molar-refractivity contribution is 6.32. The lowest BCUT2D eigenvalue weighted by Crippen LogP contribution is -2.27. The van der Waals surface area contributed by atoms with E-state index in [0.717, 1.165) is 0 Å². The summed E-state index contributed by atoms with van der Waals surface area (Å²) >= 11 is 5.96. The Hall–Kier alpha value is -1.62. The number of ether oxygens (including phenoxy) is 3. The lowest BCUT2D eigenvalue weighted by Gasteiger charge is -2.19. The van der Waals surface area contributed by atoms with Gasteiger partial charge in [0.15, 0.2) is 6.61 Å². The second kappa shape index (κ2) is 6.02. The Bertz CT molecular complexity index is 468. The van der Waals surface area contributed by atoms with E-state index in [1.807, 2.05) is 0 Å². The largest absolute Gasteiger partial charge is 0.494 e.